The Morgan fingerprint density at radius 3 is 2.33 bits per heavy atom. The number of benzene rings is 3. The van der Waals surface area contributed by atoms with E-state index in [9.17, 15) is 18.3 Å². The number of piperidine rings is 1. The van der Waals surface area contributed by atoms with Crippen molar-refractivity contribution in [2.24, 2.45) is 0 Å². The summed E-state index contributed by atoms with van der Waals surface area (Å²) in [5, 5.41) is 10.3. The average molecular weight is 574 g/mol. The van der Waals surface area contributed by atoms with Crippen molar-refractivity contribution in [1.29, 1.82) is 0 Å². The molecule has 1 aliphatic heterocycles. The van der Waals surface area contributed by atoms with Gasteiger partial charge in [-0.05, 0) is 78.9 Å². The standard InChI is InChI=1S/C29H32ClNO7S/c1-20(2)21-5-12-26(13-6-21)39(34,35)31-15-3-4-25(19-31)38-24-11-14-28(27(18-24)29(32)33)37-17-16-36-23-9-7-22(30)8-10-23/h5-14,18,20,25H,3-4,15-17,19H2,1-2H3,(H,32,33). The fourth-order valence-corrected chi connectivity index (χ4v) is 5.94. The van der Waals surface area contributed by atoms with Crippen LogP contribution in [0.2, 0.25) is 5.02 Å². The zero-order valence-electron chi connectivity index (χ0n) is 21.9. The van der Waals surface area contributed by atoms with E-state index < -0.39 is 22.1 Å². The minimum absolute atomic E-state index is 0.0514. The predicted molar refractivity (Wildman–Crippen MR) is 149 cm³/mol. The van der Waals surface area contributed by atoms with Crippen molar-refractivity contribution in [3.05, 3.63) is 82.9 Å². The average Bonchev–Trinajstić information content (AvgIpc) is 2.92. The first-order chi connectivity index (χ1) is 18.6. The number of sulfonamides is 1. The number of nitrogens with zero attached hydrogens (tertiary/aromatic N) is 1. The van der Waals surface area contributed by atoms with Crippen molar-refractivity contribution in [1.82, 2.24) is 4.31 Å². The Hall–Kier alpha value is -3.27. The molecule has 4 rings (SSSR count). The van der Waals surface area contributed by atoms with Crippen LogP contribution in [0, 0.1) is 0 Å². The van der Waals surface area contributed by atoms with E-state index in [-0.39, 0.29) is 36.0 Å². The van der Waals surface area contributed by atoms with E-state index in [0.717, 1.165) is 5.56 Å². The largest absolute Gasteiger partial charge is 0.490 e. The third-order valence-electron chi connectivity index (χ3n) is 6.43. The molecule has 0 bridgehead atoms. The summed E-state index contributed by atoms with van der Waals surface area (Å²) in [7, 11) is -3.67. The maximum atomic E-state index is 13.2. The quantitative estimate of drug-likeness (QED) is 0.287. The van der Waals surface area contributed by atoms with Crippen LogP contribution < -0.4 is 14.2 Å². The minimum Gasteiger partial charge on any atom is -0.490 e. The van der Waals surface area contributed by atoms with Crippen molar-refractivity contribution in [2.45, 2.75) is 43.6 Å². The van der Waals surface area contributed by atoms with Crippen molar-refractivity contribution >= 4 is 27.6 Å². The van der Waals surface area contributed by atoms with Gasteiger partial charge in [0.15, 0.2) is 0 Å². The van der Waals surface area contributed by atoms with Gasteiger partial charge in [0.25, 0.3) is 0 Å². The summed E-state index contributed by atoms with van der Waals surface area (Å²) in [6, 6.07) is 18.4. The van der Waals surface area contributed by atoms with Crippen LogP contribution in [0.4, 0.5) is 0 Å². The van der Waals surface area contributed by atoms with Gasteiger partial charge in [0.1, 0.15) is 42.1 Å². The number of ether oxygens (including phenoxy) is 3. The van der Waals surface area contributed by atoms with E-state index in [2.05, 4.69) is 13.8 Å². The van der Waals surface area contributed by atoms with Gasteiger partial charge >= 0.3 is 5.97 Å². The fourth-order valence-electron chi connectivity index (χ4n) is 4.30. The van der Waals surface area contributed by atoms with Crippen LogP contribution in [0.25, 0.3) is 0 Å². The van der Waals surface area contributed by atoms with Gasteiger partial charge in [-0.1, -0.05) is 37.6 Å². The molecule has 1 fully saturated rings. The van der Waals surface area contributed by atoms with Crippen molar-refractivity contribution in [3.63, 3.8) is 0 Å². The van der Waals surface area contributed by atoms with Crippen LogP contribution in [0.5, 0.6) is 17.2 Å². The van der Waals surface area contributed by atoms with E-state index >= 15 is 0 Å². The molecule has 0 aliphatic carbocycles. The Balaban J connectivity index is 1.37. The Morgan fingerprint density at radius 1 is 1.00 bits per heavy atom. The number of halogens is 1. The SMILES string of the molecule is CC(C)c1ccc(S(=O)(=O)N2CCCC(Oc3ccc(OCCOc4ccc(Cl)cc4)c(C(=O)O)c3)C2)cc1. The molecule has 39 heavy (non-hydrogen) atoms. The van der Waals surface area contributed by atoms with Crippen molar-refractivity contribution in [2.75, 3.05) is 26.3 Å². The van der Waals surface area contributed by atoms with Crippen LogP contribution in [0.1, 0.15) is 48.5 Å². The molecule has 1 unspecified atom stereocenters. The lowest BCUT2D eigenvalue weighted by molar-refractivity contribution is 0.0689. The Labute approximate surface area is 234 Å². The van der Waals surface area contributed by atoms with Gasteiger partial charge in [0.05, 0.1) is 11.4 Å². The van der Waals surface area contributed by atoms with E-state index in [1.807, 2.05) is 12.1 Å². The first kappa shape index (κ1) is 28.7. The summed E-state index contributed by atoms with van der Waals surface area (Å²) < 4.78 is 45.2. The van der Waals surface area contributed by atoms with Gasteiger partial charge in [-0.2, -0.15) is 4.31 Å². The zero-order valence-corrected chi connectivity index (χ0v) is 23.5. The first-order valence-corrected chi connectivity index (χ1v) is 14.6. The topological polar surface area (TPSA) is 102 Å². The maximum absolute atomic E-state index is 13.2. The molecular weight excluding hydrogens is 542 g/mol. The molecule has 0 spiro atoms. The van der Waals surface area contributed by atoms with Crippen LogP contribution in [-0.2, 0) is 10.0 Å². The van der Waals surface area contributed by atoms with Crippen LogP contribution in [0.3, 0.4) is 0 Å². The third-order valence-corrected chi connectivity index (χ3v) is 8.56. The summed E-state index contributed by atoms with van der Waals surface area (Å²) in [5.41, 5.74) is 1.02. The highest BCUT2D eigenvalue weighted by atomic mass is 35.5. The van der Waals surface area contributed by atoms with E-state index in [1.54, 1.807) is 42.5 Å². The molecule has 3 aromatic carbocycles. The van der Waals surface area contributed by atoms with Crippen LogP contribution >= 0.6 is 11.6 Å². The number of aromatic carboxylic acids is 1. The molecule has 1 N–H and O–H groups in total. The molecule has 208 valence electrons. The minimum atomic E-state index is -3.67. The highest BCUT2D eigenvalue weighted by Crippen LogP contribution is 2.28. The zero-order chi connectivity index (χ0) is 28.0. The summed E-state index contributed by atoms with van der Waals surface area (Å²) in [6.07, 6.45) is 0.875. The molecule has 1 heterocycles. The second-order valence-corrected chi connectivity index (χ2v) is 12.0. The number of hydrogen-bond donors (Lipinski definition) is 1. The number of carboxylic acids is 1. The lowest BCUT2D eigenvalue weighted by atomic mass is 10.0. The van der Waals surface area contributed by atoms with E-state index in [0.29, 0.717) is 41.8 Å². The molecule has 8 nitrogen and oxygen atoms in total. The summed E-state index contributed by atoms with van der Waals surface area (Å²) in [4.78, 5) is 12.1. The normalized spacial score (nSPS) is 16.2. The second kappa shape index (κ2) is 12.7. The molecule has 0 radical (unpaired) electrons. The smallest absolute Gasteiger partial charge is 0.339 e. The van der Waals surface area contributed by atoms with Crippen molar-refractivity contribution in [3.8, 4) is 17.2 Å². The van der Waals surface area contributed by atoms with Crippen LogP contribution in [-0.4, -0.2) is 56.2 Å². The first-order valence-electron chi connectivity index (χ1n) is 12.8. The molecular formula is C29H32ClNO7S. The number of rotatable bonds is 11. The lowest BCUT2D eigenvalue weighted by Gasteiger charge is -2.32. The summed E-state index contributed by atoms with van der Waals surface area (Å²) in [5.74, 6) is 0.299. The molecule has 0 amide bonds. The third kappa shape index (κ3) is 7.44. The molecule has 1 saturated heterocycles. The summed E-state index contributed by atoms with van der Waals surface area (Å²) in [6.45, 7) is 5.04. The maximum Gasteiger partial charge on any atom is 0.339 e. The summed E-state index contributed by atoms with van der Waals surface area (Å²) >= 11 is 5.86. The van der Waals surface area contributed by atoms with Gasteiger partial charge in [-0.25, -0.2) is 13.2 Å². The van der Waals surface area contributed by atoms with E-state index in [1.165, 1.54) is 16.4 Å². The molecule has 1 aliphatic rings. The molecule has 3 aromatic rings. The highest BCUT2D eigenvalue weighted by molar-refractivity contribution is 7.89. The van der Waals surface area contributed by atoms with Crippen LogP contribution in [0.15, 0.2) is 71.6 Å². The molecule has 1 atom stereocenters. The fraction of sp³-hybridized carbons (Fsp3) is 0.345. The number of carboxylic acid groups (broad SMARTS) is 1. The monoisotopic (exact) mass is 573 g/mol. The predicted octanol–water partition coefficient (Wildman–Crippen LogP) is 5.85. The number of carbonyl (C=O) groups is 1. The van der Waals surface area contributed by atoms with Gasteiger partial charge in [0.2, 0.25) is 10.0 Å². The molecule has 10 heteroatoms. The van der Waals surface area contributed by atoms with Gasteiger partial charge in [-0.15, -0.1) is 0 Å². The van der Waals surface area contributed by atoms with E-state index in [4.69, 9.17) is 25.8 Å². The Kier molecular flexibility index (Phi) is 9.37. The van der Waals surface area contributed by atoms with Gasteiger partial charge < -0.3 is 19.3 Å². The van der Waals surface area contributed by atoms with Crippen molar-refractivity contribution < 1.29 is 32.5 Å². The second-order valence-electron chi connectivity index (χ2n) is 9.58. The Bertz CT molecular complexity index is 1380. The van der Waals surface area contributed by atoms with Gasteiger partial charge in [0, 0.05) is 11.6 Å². The number of hydrogen-bond acceptors (Lipinski definition) is 6. The lowest BCUT2D eigenvalue weighted by Crippen LogP contribution is -2.44. The van der Waals surface area contributed by atoms with Gasteiger partial charge in [-0.3, -0.25) is 0 Å². The highest BCUT2D eigenvalue weighted by Gasteiger charge is 2.31. The molecule has 0 saturated carbocycles. The Morgan fingerprint density at radius 2 is 1.67 bits per heavy atom. The molecule has 0 aromatic heterocycles.